The number of pyridine rings is 1. The van der Waals surface area contributed by atoms with Crippen LogP contribution in [0.2, 0.25) is 0 Å². The van der Waals surface area contributed by atoms with Crippen molar-refractivity contribution < 1.29 is 9.59 Å². The van der Waals surface area contributed by atoms with Gasteiger partial charge in [-0.25, -0.2) is 0 Å². The molecule has 0 bridgehead atoms. The number of hydrogen-bond donors (Lipinski definition) is 0. The minimum absolute atomic E-state index is 0.0335. The van der Waals surface area contributed by atoms with E-state index in [2.05, 4.69) is 4.98 Å². The molecule has 1 fully saturated rings. The van der Waals surface area contributed by atoms with E-state index in [1.54, 1.807) is 22.4 Å². The zero-order valence-corrected chi connectivity index (χ0v) is 14.5. The highest BCUT2D eigenvalue weighted by atomic mass is 32.1. The first-order chi connectivity index (χ1) is 11.7. The third-order valence-corrected chi connectivity index (χ3v) is 5.12. The van der Waals surface area contributed by atoms with Crippen LogP contribution in [-0.2, 0) is 22.7 Å². The van der Waals surface area contributed by atoms with Crippen LogP contribution in [0.25, 0.3) is 0 Å². The molecule has 24 heavy (non-hydrogen) atoms. The lowest BCUT2D eigenvalue weighted by molar-refractivity contribution is -0.136. The fourth-order valence-electron chi connectivity index (χ4n) is 2.97. The van der Waals surface area contributed by atoms with Gasteiger partial charge in [-0.2, -0.15) is 0 Å². The van der Waals surface area contributed by atoms with Crippen LogP contribution in [-0.4, -0.2) is 39.7 Å². The molecule has 0 aliphatic carbocycles. The molecule has 2 aromatic heterocycles. The van der Waals surface area contributed by atoms with Crippen LogP contribution >= 0.6 is 11.3 Å². The lowest BCUT2D eigenvalue weighted by Crippen LogP contribution is -2.36. The van der Waals surface area contributed by atoms with Crippen molar-refractivity contribution >= 4 is 23.2 Å². The summed E-state index contributed by atoms with van der Waals surface area (Å²) in [4.78, 5) is 34.0. The Kier molecular flexibility index (Phi) is 5.25. The molecule has 0 aromatic carbocycles. The molecule has 2 aromatic rings. The van der Waals surface area contributed by atoms with Crippen molar-refractivity contribution in [2.45, 2.75) is 26.4 Å². The standard InChI is InChI=1S/C18H21N3O2S/c1-2-20(13-16-7-5-9-24-16)18(23)14-10-17(22)21(11-14)12-15-6-3-4-8-19-15/h3-9,14H,2,10-13H2,1H3/t14-/m1/s1. The molecule has 1 aliphatic heterocycles. The molecule has 1 aliphatic rings. The first kappa shape index (κ1) is 16.6. The highest BCUT2D eigenvalue weighted by molar-refractivity contribution is 7.09. The van der Waals surface area contributed by atoms with Gasteiger partial charge in [0.05, 0.1) is 24.7 Å². The highest BCUT2D eigenvalue weighted by Gasteiger charge is 2.36. The molecule has 1 saturated heterocycles. The number of hydrogen-bond acceptors (Lipinski definition) is 4. The molecule has 1 atom stereocenters. The maximum absolute atomic E-state index is 12.8. The van der Waals surface area contributed by atoms with Crippen LogP contribution in [0.4, 0.5) is 0 Å². The smallest absolute Gasteiger partial charge is 0.228 e. The SMILES string of the molecule is CCN(Cc1cccs1)C(=O)[C@@H]1CC(=O)N(Cc2ccccn2)C1. The molecule has 0 radical (unpaired) electrons. The van der Waals surface area contributed by atoms with Crippen molar-refractivity contribution in [3.63, 3.8) is 0 Å². The monoisotopic (exact) mass is 343 g/mol. The van der Waals surface area contributed by atoms with E-state index in [0.29, 0.717) is 32.6 Å². The van der Waals surface area contributed by atoms with E-state index in [4.69, 9.17) is 0 Å². The van der Waals surface area contributed by atoms with Crippen molar-refractivity contribution in [2.75, 3.05) is 13.1 Å². The second kappa shape index (κ2) is 7.57. The fourth-order valence-corrected chi connectivity index (χ4v) is 3.69. The van der Waals surface area contributed by atoms with E-state index in [9.17, 15) is 9.59 Å². The molecule has 6 heteroatoms. The number of nitrogens with zero attached hydrogens (tertiary/aromatic N) is 3. The van der Waals surface area contributed by atoms with Gasteiger partial charge < -0.3 is 9.80 Å². The van der Waals surface area contributed by atoms with Crippen LogP contribution in [0.3, 0.4) is 0 Å². The summed E-state index contributed by atoms with van der Waals surface area (Å²) >= 11 is 1.65. The highest BCUT2D eigenvalue weighted by Crippen LogP contribution is 2.23. The van der Waals surface area contributed by atoms with Gasteiger partial charge in [-0.05, 0) is 30.5 Å². The first-order valence-electron chi connectivity index (χ1n) is 8.16. The Hall–Kier alpha value is -2.21. The second-order valence-electron chi connectivity index (χ2n) is 5.93. The zero-order valence-electron chi connectivity index (χ0n) is 13.7. The molecule has 0 saturated carbocycles. The molecular weight excluding hydrogens is 322 g/mol. The van der Waals surface area contributed by atoms with Crippen LogP contribution in [0.15, 0.2) is 41.9 Å². The number of carbonyl (C=O) groups excluding carboxylic acids is 2. The van der Waals surface area contributed by atoms with Crippen LogP contribution < -0.4 is 0 Å². The lowest BCUT2D eigenvalue weighted by atomic mass is 10.1. The van der Waals surface area contributed by atoms with E-state index in [-0.39, 0.29) is 17.7 Å². The van der Waals surface area contributed by atoms with Gasteiger partial charge in [0.25, 0.3) is 0 Å². The van der Waals surface area contributed by atoms with Gasteiger partial charge in [0.15, 0.2) is 0 Å². The molecule has 2 amide bonds. The molecule has 3 heterocycles. The molecule has 0 N–H and O–H groups in total. The number of aromatic nitrogens is 1. The zero-order chi connectivity index (χ0) is 16.9. The average molecular weight is 343 g/mol. The number of rotatable bonds is 6. The molecule has 0 unspecified atom stereocenters. The Morgan fingerprint density at radius 2 is 2.25 bits per heavy atom. The van der Waals surface area contributed by atoms with Crippen molar-refractivity contribution in [2.24, 2.45) is 5.92 Å². The van der Waals surface area contributed by atoms with Crippen molar-refractivity contribution in [1.82, 2.24) is 14.8 Å². The summed E-state index contributed by atoms with van der Waals surface area (Å²) in [6.07, 6.45) is 2.02. The normalized spacial score (nSPS) is 17.3. The Labute approximate surface area is 145 Å². The fraction of sp³-hybridized carbons (Fsp3) is 0.389. The van der Waals surface area contributed by atoms with Gasteiger partial charge >= 0.3 is 0 Å². The van der Waals surface area contributed by atoms with E-state index >= 15 is 0 Å². The summed E-state index contributed by atoms with van der Waals surface area (Å²) in [7, 11) is 0. The van der Waals surface area contributed by atoms with Gasteiger partial charge in [0.2, 0.25) is 11.8 Å². The predicted molar refractivity (Wildman–Crippen MR) is 93.2 cm³/mol. The topological polar surface area (TPSA) is 53.5 Å². The second-order valence-corrected chi connectivity index (χ2v) is 6.96. The van der Waals surface area contributed by atoms with Crippen molar-refractivity contribution in [3.05, 3.63) is 52.5 Å². The van der Waals surface area contributed by atoms with Gasteiger partial charge in [-0.15, -0.1) is 11.3 Å². The summed E-state index contributed by atoms with van der Waals surface area (Å²) in [6, 6.07) is 9.69. The summed E-state index contributed by atoms with van der Waals surface area (Å²) in [6.45, 7) is 4.21. The summed E-state index contributed by atoms with van der Waals surface area (Å²) in [5.41, 5.74) is 0.852. The van der Waals surface area contributed by atoms with Gasteiger partial charge in [-0.1, -0.05) is 12.1 Å². The van der Waals surface area contributed by atoms with E-state index in [1.165, 1.54) is 4.88 Å². The number of carbonyl (C=O) groups is 2. The summed E-state index contributed by atoms with van der Waals surface area (Å²) in [5, 5.41) is 2.02. The van der Waals surface area contributed by atoms with E-state index < -0.39 is 0 Å². The lowest BCUT2D eigenvalue weighted by Gasteiger charge is -2.23. The molecule has 126 valence electrons. The van der Waals surface area contributed by atoms with Crippen molar-refractivity contribution in [3.8, 4) is 0 Å². The third-order valence-electron chi connectivity index (χ3n) is 4.26. The first-order valence-corrected chi connectivity index (χ1v) is 9.04. The summed E-state index contributed by atoms with van der Waals surface area (Å²) in [5.74, 6) is -0.143. The Morgan fingerprint density at radius 3 is 2.92 bits per heavy atom. The Morgan fingerprint density at radius 1 is 1.38 bits per heavy atom. The molecule has 0 spiro atoms. The predicted octanol–water partition coefficient (Wildman–Crippen LogP) is 2.54. The van der Waals surface area contributed by atoms with Crippen LogP contribution in [0.1, 0.15) is 23.9 Å². The number of likely N-dealkylation sites (tertiary alicyclic amines) is 1. The maximum Gasteiger partial charge on any atom is 0.228 e. The Bertz CT molecular complexity index is 688. The minimum Gasteiger partial charge on any atom is -0.338 e. The van der Waals surface area contributed by atoms with Gasteiger partial charge in [0.1, 0.15) is 0 Å². The number of amides is 2. The molecule has 3 rings (SSSR count). The van der Waals surface area contributed by atoms with Crippen molar-refractivity contribution in [1.29, 1.82) is 0 Å². The minimum atomic E-state index is -0.249. The largest absolute Gasteiger partial charge is 0.338 e. The van der Waals surface area contributed by atoms with E-state index in [1.807, 2.05) is 47.5 Å². The third kappa shape index (κ3) is 3.82. The molecule has 5 nitrogen and oxygen atoms in total. The number of thiophene rings is 1. The molecular formula is C18H21N3O2S. The van der Waals surface area contributed by atoms with Gasteiger partial charge in [0, 0.05) is 30.6 Å². The van der Waals surface area contributed by atoms with Crippen LogP contribution in [0.5, 0.6) is 0 Å². The van der Waals surface area contributed by atoms with Gasteiger partial charge in [-0.3, -0.25) is 14.6 Å². The quantitative estimate of drug-likeness (QED) is 0.810. The van der Waals surface area contributed by atoms with Crippen LogP contribution in [0, 0.1) is 5.92 Å². The summed E-state index contributed by atoms with van der Waals surface area (Å²) < 4.78 is 0. The Balaban J connectivity index is 1.62. The van der Waals surface area contributed by atoms with E-state index in [0.717, 1.165) is 5.69 Å². The maximum atomic E-state index is 12.8. The average Bonchev–Trinajstić information content (AvgIpc) is 3.23.